The summed E-state index contributed by atoms with van der Waals surface area (Å²) in [5.41, 5.74) is 0.145. The van der Waals surface area contributed by atoms with E-state index in [1.165, 1.54) is 0 Å². The predicted octanol–water partition coefficient (Wildman–Crippen LogP) is 1.37. The van der Waals surface area contributed by atoms with Gasteiger partial charge in [-0.1, -0.05) is 12.7 Å². The second-order valence-corrected chi connectivity index (χ2v) is 3.66. The van der Waals surface area contributed by atoms with Gasteiger partial charge in [0.15, 0.2) is 0 Å². The Bertz CT molecular complexity index is 203. The third-order valence-electron chi connectivity index (χ3n) is 1.97. The van der Waals surface area contributed by atoms with Crippen LogP contribution in [-0.4, -0.2) is 25.3 Å². The van der Waals surface area contributed by atoms with Crippen molar-refractivity contribution in [2.45, 2.75) is 19.0 Å². The van der Waals surface area contributed by atoms with Crippen LogP contribution in [0.4, 0.5) is 4.39 Å². The first-order valence-electron chi connectivity index (χ1n) is 4.59. The Balaban J connectivity index is 0.000000132. The zero-order chi connectivity index (χ0) is 9.73. The van der Waals surface area contributed by atoms with Crippen LogP contribution in [0.2, 0.25) is 0 Å². The van der Waals surface area contributed by atoms with Gasteiger partial charge in [0.05, 0.1) is 0 Å². The van der Waals surface area contributed by atoms with Crippen molar-refractivity contribution in [1.82, 2.24) is 10.6 Å². The molecule has 0 aromatic heterocycles. The second-order valence-electron chi connectivity index (χ2n) is 3.66. The van der Waals surface area contributed by atoms with Crippen molar-refractivity contribution in [2.24, 2.45) is 0 Å². The maximum absolute atomic E-state index is 12.1. The Labute approximate surface area is 78.9 Å². The fourth-order valence-corrected chi connectivity index (χ4v) is 1.07. The monoisotopic (exact) mass is 184 g/mol. The van der Waals surface area contributed by atoms with Gasteiger partial charge in [0.2, 0.25) is 0 Å². The number of hydrogen-bond acceptors (Lipinski definition) is 2. The van der Waals surface area contributed by atoms with Crippen molar-refractivity contribution in [3.63, 3.8) is 0 Å². The van der Waals surface area contributed by atoms with Gasteiger partial charge in [0.25, 0.3) is 0 Å². The Morgan fingerprint density at radius 1 is 1.54 bits per heavy atom. The molecule has 74 valence electrons. The van der Waals surface area contributed by atoms with E-state index in [0.717, 1.165) is 18.7 Å². The zero-order valence-corrected chi connectivity index (χ0v) is 8.07. The summed E-state index contributed by atoms with van der Waals surface area (Å²) >= 11 is 0. The molecule has 0 saturated carbocycles. The summed E-state index contributed by atoms with van der Waals surface area (Å²) in [4.78, 5) is 0. The molecule has 2 N–H and O–H groups in total. The molecule has 0 radical (unpaired) electrons. The lowest BCUT2D eigenvalue weighted by Crippen LogP contribution is -2.53. The first-order chi connectivity index (χ1) is 6.10. The quantitative estimate of drug-likeness (QED) is 0.594. The molecule has 2 heterocycles. The fourth-order valence-electron chi connectivity index (χ4n) is 1.07. The van der Waals surface area contributed by atoms with Gasteiger partial charge in [-0.15, -0.1) is 0 Å². The molecule has 0 bridgehead atoms. The average Bonchev–Trinajstić information content (AvgIpc) is 2.04. The molecule has 0 unspecified atom stereocenters. The maximum atomic E-state index is 12.1. The lowest BCUT2D eigenvalue weighted by Gasteiger charge is -2.30. The molecule has 2 aliphatic heterocycles. The second kappa shape index (κ2) is 4.42. The van der Waals surface area contributed by atoms with Crippen LogP contribution in [0, 0.1) is 0 Å². The highest BCUT2D eigenvalue weighted by Gasteiger charge is 2.30. The number of rotatable bonds is 0. The van der Waals surface area contributed by atoms with Crippen molar-refractivity contribution in [3.05, 3.63) is 24.4 Å². The summed E-state index contributed by atoms with van der Waals surface area (Å²) < 4.78 is 12.1. The highest BCUT2D eigenvalue weighted by molar-refractivity contribution is 5.15. The first-order valence-corrected chi connectivity index (χ1v) is 4.59. The summed E-state index contributed by atoms with van der Waals surface area (Å²) in [6.45, 7) is 7.44. The van der Waals surface area contributed by atoms with E-state index >= 15 is 0 Å². The van der Waals surface area contributed by atoms with Crippen LogP contribution in [0.5, 0.6) is 0 Å². The summed E-state index contributed by atoms with van der Waals surface area (Å²) in [7, 11) is 0. The van der Waals surface area contributed by atoms with Crippen molar-refractivity contribution >= 4 is 0 Å². The predicted molar refractivity (Wildman–Crippen MR) is 53.3 cm³/mol. The fraction of sp³-hybridized carbons (Fsp3) is 0.600. The molecule has 2 aliphatic rings. The minimum absolute atomic E-state index is 0.535. The summed E-state index contributed by atoms with van der Waals surface area (Å²) in [5, 5.41) is 5.93. The maximum Gasteiger partial charge on any atom is 0.132 e. The molecule has 2 rings (SSSR count). The van der Waals surface area contributed by atoms with Gasteiger partial charge in [-0.25, -0.2) is 4.39 Å². The number of alkyl halides is 1. The highest BCUT2D eigenvalue weighted by Crippen LogP contribution is 2.13. The summed E-state index contributed by atoms with van der Waals surface area (Å²) in [5.74, 6) is 0. The molecule has 1 saturated heterocycles. The number of hydrogen-bond donors (Lipinski definition) is 2. The van der Waals surface area contributed by atoms with Gasteiger partial charge in [0, 0.05) is 25.3 Å². The van der Waals surface area contributed by atoms with Crippen LogP contribution in [0.15, 0.2) is 24.4 Å². The number of halogens is 1. The normalized spacial score (nSPS) is 23.7. The van der Waals surface area contributed by atoms with Crippen LogP contribution in [0.3, 0.4) is 0 Å². The minimum atomic E-state index is -0.889. The molecule has 0 aromatic carbocycles. The molecule has 0 aliphatic carbocycles. The van der Waals surface area contributed by atoms with Gasteiger partial charge < -0.3 is 10.6 Å². The van der Waals surface area contributed by atoms with Crippen molar-refractivity contribution < 1.29 is 4.39 Å². The number of nitrogens with one attached hydrogen (secondary N) is 2. The van der Waals surface area contributed by atoms with Crippen LogP contribution in [-0.2, 0) is 0 Å². The molecule has 2 nitrogen and oxygen atoms in total. The third-order valence-corrected chi connectivity index (χ3v) is 1.97. The first kappa shape index (κ1) is 10.3. The van der Waals surface area contributed by atoms with Gasteiger partial charge in [-0.2, -0.15) is 0 Å². The molecule has 13 heavy (non-hydrogen) atoms. The van der Waals surface area contributed by atoms with E-state index in [9.17, 15) is 4.39 Å². The largest absolute Gasteiger partial charge is 0.385 e. The SMILES string of the molecule is C=C1C=CCCN1.CC1(F)CNC1. The minimum Gasteiger partial charge on any atom is -0.385 e. The van der Waals surface area contributed by atoms with Crippen LogP contribution in [0.1, 0.15) is 13.3 Å². The Kier molecular flexibility index (Phi) is 3.48. The standard InChI is InChI=1S/C6H9N.C4H8FN/c1-6-4-2-3-5-7-6;1-4(5)2-6-3-4/h2,4,7H,1,3,5H2;6H,2-3H2,1H3. The molecule has 0 amide bonds. The third kappa shape index (κ3) is 4.08. The molecule has 1 fully saturated rings. The molecule has 0 spiro atoms. The Hall–Kier alpha value is -0.830. The molecule has 0 atom stereocenters. The smallest absolute Gasteiger partial charge is 0.132 e. The summed E-state index contributed by atoms with van der Waals surface area (Å²) in [6, 6.07) is 0. The van der Waals surface area contributed by atoms with E-state index in [4.69, 9.17) is 0 Å². The zero-order valence-electron chi connectivity index (χ0n) is 8.07. The van der Waals surface area contributed by atoms with Crippen molar-refractivity contribution in [2.75, 3.05) is 19.6 Å². The molecular weight excluding hydrogens is 167 g/mol. The lowest BCUT2D eigenvalue weighted by molar-refractivity contribution is 0.113. The highest BCUT2D eigenvalue weighted by atomic mass is 19.1. The van der Waals surface area contributed by atoms with Gasteiger partial charge in [0.1, 0.15) is 5.67 Å². The summed E-state index contributed by atoms with van der Waals surface area (Å²) in [6.07, 6.45) is 5.27. The van der Waals surface area contributed by atoms with E-state index in [-0.39, 0.29) is 0 Å². The van der Waals surface area contributed by atoms with Crippen molar-refractivity contribution in [1.29, 1.82) is 0 Å². The van der Waals surface area contributed by atoms with E-state index in [1.807, 2.05) is 6.08 Å². The van der Waals surface area contributed by atoms with Crippen LogP contribution < -0.4 is 10.6 Å². The van der Waals surface area contributed by atoms with E-state index in [1.54, 1.807) is 6.92 Å². The van der Waals surface area contributed by atoms with E-state index in [0.29, 0.717) is 13.1 Å². The average molecular weight is 184 g/mol. The molecule has 0 aromatic rings. The Morgan fingerprint density at radius 2 is 2.15 bits per heavy atom. The van der Waals surface area contributed by atoms with Gasteiger partial charge in [-0.3, -0.25) is 0 Å². The van der Waals surface area contributed by atoms with E-state index in [2.05, 4.69) is 23.3 Å². The van der Waals surface area contributed by atoms with E-state index < -0.39 is 5.67 Å². The Morgan fingerprint density at radius 3 is 2.31 bits per heavy atom. The van der Waals surface area contributed by atoms with Crippen LogP contribution >= 0.6 is 0 Å². The van der Waals surface area contributed by atoms with Gasteiger partial charge in [-0.05, 0) is 19.4 Å². The lowest BCUT2D eigenvalue weighted by atomic mass is 10.0. The molecular formula is C10H17FN2. The van der Waals surface area contributed by atoms with Crippen LogP contribution in [0.25, 0.3) is 0 Å². The topological polar surface area (TPSA) is 24.1 Å². The number of allylic oxidation sites excluding steroid dienone is 1. The molecule has 3 heteroatoms. The van der Waals surface area contributed by atoms with Gasteiger partial charge >= 0.3 is 0 Å². The van der Waals surface area contributed by atoms with Crippen molar-refractivity contribution in [3.8, 4) is 0 Å².